The number of ether oxygens (including phenoxy) is 2. The number of carbonyl (C=O) groups excluding carboxylic acids is 2. The maximum absolute atomic E-state index is 12.4. The summed E-state index contributed by atoms with van der Waals surface area (Å²) in [6.45, 7) is 4.81. The van der Waals surface area contributed by atoms with Crippen LogP contribution in [0, 0.1) is 0 Å². The minimum atomic E-state index is -0.245. The van der Waals surface area contributed by atoms with E-state index >= 15 is 0 Å². The Kier molecular flexibility index (Phi) is 4.96. The standard InChI is InChI=1S/C19H21N5O4/c1-13(25)23-4-6-24(7-5-23)19-21-10-15(11-22-19)18(26)20-9-14-2-3-16-17(8-14)28-12-27-16/h2-3,8,10-11H,4-7,9,12H2,1H3,(H,20,26). The molecule has 2 aromatic rings. The molecule has 4 rings (SSSR count). The molecule has 0 saturated carbocycles. The number of nitrogens with zero attached hydrogens (tertiary/aromatic N) is 4. The molecule has 1 aromatic carbocycles. The van der Waals surface area contributed by atoms with Crippen molar-refractivity contribution in [3.05, 3.63) is 41.7 Å². The molecular formula is C19H21N5O4. The first-order chi connectivity index (χ1) is 13.6. The molecule has 2 aliphatic rings. The molecule has 28 heavy (non-hydrogen) atoms. The van der Waals surface area contributed by atoms with E-state index in [1.165, 1.54) is 12.4 Å². The minimum Gasteiger partial charge on any atom is -0.454 e. The molecule has 1 fully saturated rings. The van der Waals surface area contributed by atoms with Crippen molar-refractivity contribution in [1.82, 2.24) is 20.2 Å². The summed E-state index contributed by atoms with van der Waals surface area (Å²) in [5, 5.41) is 2.85. The normalized spacial score (nSPS) is 15.5. The highest BCUT2D eigenvalue weighted by atomic mass is 16.7. The molecule has 1 saturated heterocycles. The van der Waals surface area contributed by atoms with Crippen LogP contribution in [0.25, 0.3) is 0 Å². The Morgan fingerprint density at radius 2 is 1.79 bits per heavy atom. The summed E-state index contributed by atoms with van der Waals surface area (Å²) in [6, 6.07) is 5.56. The van der Waals surface area contributed by atoms with Crippen molar-refractivity contribution in [3.8, 4) is 11.5 Å². The highest BCUT2D eigenvalue weighted by Gasteiger charge is 2.20. The molecule has 1 N–H and O–H groups in total. The van der Waals surface area contributed by atoms with Crippen molar-refractivity contribution in [3.63, 3.8) is 0 Å². The van der Waals surface area contributed by atoms with Crippen LogP contribution in [-0.4, -0.2) is 59.7 Å². The number of fused-ring (bicyclic) bond motifs is 1. The smallest absolute Gasteiger partial charge is 0.254 e. The zero-order valence-electron chi connectivity index (χ0n) is 15.6. The van der Waals surface area contributed by atoms with Gasteiger partial charge in [0.1, 0.15) is 0 Å². The third-order valence-electron chi connectivity index (χ3n) is 4.80. The third-order valence-corrected chi connectivity index (χ3v) is 4.80. The molecule has 0 aliphatic carbocycles. The number of hydrogen-bond donors (Lipinski definition) is 1. The lowest BCUT2D eigenvalue weighted by atomic mass is 10.2. The maximum atomic E-state index is 12.4. The van der Waals surface area contributed by atoms with E-state index in [-0.39, 0.29) is 18.6 Å². The van der Waals surface area contributed by atoms with Gasteiger partial charge in [-0.1, -0.05) is 6.07 Å². The summed E-state index contributed by atoms with van der Waals surface area (Å²) in [4.78, 5) is 36.2. The Bertz CT molecular complexity index is 878. The molecule has 3 heterocycles. The van der Waals surface area contributed by atoms with Gasteiger partial charge in [0.15, 0.2) is 11.5 Å². The van der Waals surface area contributed by atoms with Crippen LogP contribution in [-0.2, 0) is 11.3 Å². The van der Waals surface area contributed by atoms with E-state index in [2.05, 4.69) is 15.3 Å². The van der Waals surface area contributed by atoms with E-state index in [1.807, 2.05) is 23.1 Å². The van der Waals surface area contributed by atoms with Gasteiger partial charge in [-0.05, 0) is 17.7 Å². The van der Waals surface area contributed by atoms with Gasteiger partial charge < -0.3 is 24.6 Å². The average Bonchev–Trinajstić information content (AvgIpc) is 3.20. The van der Waals surface area contributed by atoms with Crippen molar-refractivity contribution in [2.75, 3.05) is 37.9 Å². The van der Waals surface area contributed by atoms with Crippen LogP contribution in [0.1, 0.15) is 22.8 Å². The lowest BCUT2D eigenvalue weighted by Crippen LogP contribution is -2.48. The molecule has 146 valence electrons. The Morgan fingerprint density at radius 1 is 1.07 bits per heavy atom. The summed E-state index contributed by atoms with van der Waals surface area (Å²) in [6.07, 6.45) is 3.04. The van der Waals surface area contributed by atoms with Gasteiger partial charge >= 0.3 is 0 Å². The lowest BCUT2D eigenvalue weighted by molar-refractivity contribution is -0.129. The van der Waals surface area contributed by atoms with Crippen molar-refractivity contribution in [2.24, 2.45) is 0 Å². The number of anilines is 1. The van der Waals surface area contributed by atoms with Crippen LogP contribution in [0.2, 0.25) is 0 Å². The highest BCUT2D eigenvalue weighted by molar-refractivity contribution is 5.93. The van der Waals surface area contributed by atoms with E-state index in [1.54, 1.807) is 11.8 Å². The number of rotatable bonds is 4. The van der Waals surface area contributed by atoms with E-state index in [9.17, 15) is 9.59 Å². The van der Waals surface area contributed by atoms with Crippen molar-refractivity contribution in [2.45, 2.75) is 13.5 Å². The summed E-state index contributed by atoms with van der Waals surface area (Å²) >= 11 is 0. The summed E-state index contributed by atoms with van der Waals surface area (Å²) < 4.78 is 10.6. The lowest BCUT2D eigenvalue weighted by Gasteiger charge is -2.34. The van der Waals surface area contributed by atoms with Crippen LogP contribution < -0.4 is 19.7 Å². The monoisotopic (exact) mass is 383 g/mol. The molecule has 0 bridgehead atoms. The number of carbonyl (C=O) groups is 2. The highest BCUT2D eigenvalue weighted by Crippen LogP contribution is 2.32. The van der Waals surface area contributed by atoms with E-state index < -0.39 is 0 Å². The maximum Gasteiger partial charge on any atom is 0.254 e. The first-order valence-electron chi connectivity index (χ1n) is 9.09. The number of nitrogens with one attached hydrogen (secondary N) is 1. The van der Waals surface area contributed by atoms with Gasteiger partial charge in [0.2, 0.25) is 18.6 Å². The van der Waals surface area contributed by atoms with Crippen LogP contribution in [0.3, 0.4) is 0 Å². The SMILES string of the molecule is CC(=O)N1CCN(c2ncc(C(=O)NCc3ccc4c(c3)OCO4)cn2)CC1. The number of hydrogen-bond acceptors (Lipinski definition) is 7. The Balaban J connectivity index is 1.32. The largest absolute Gasteiger partial charge is 0.454 e. The quantitative estimate of drug-likeness (QED) is 0.834. The van der Waals surface area contributed by atoms with Gasteiger partial charge in [0, 0.05) is 52.0 Å². The fourth-order valence-electron chi connectivity index (χ4n) is 3.16. The summed E-state index contributed by atoms with van der Waals surface area (Å²) in [5.74, 6) is 1.80. The molecule has 0 radical (unpaired) electrons. The third kappa shape index (κ3) is 3.83. The van der Waals surface area contributed by atoms with Gasteiger partial charge in [-0.3, -0.25) is 9.59 Å². The molecule has 9 heteroatoms. The van der Waals surface area contributed by atoms with E-state index in [0.717, 1.165) is 5.56 Å². The Hall–Kier alpha value is -3.36. The molecule has 0 atom stereocenters. The zero-order valence-corrected chi connectivity index (χ0v) is 15.6. The first kappa shape index (κ1) is 18.0. The zero-order chi connectivity index (χ0) is 19.5. The molecule has 1 aromatic heterocycles. The molecule has 9 nitrogen and oxygen atoms in total. The fourth-order valence-corrected chi connectivity index (χ4v) is 3.16. The average molecular weight is 383 g/mol. The second-order valence-electron chi connectivity index (χ2n) is 6.64. The van der Waals surface area contributed by atoms with Crippen LogP contribution in [0.4, 0.5) is 5.95 Å². The van der Waals surface area contributed by atoms with E-state index in [4.69, 9.17) is 9.47 Å². The van der Waals surface area contributed by atoms with Gasteiger partial charge in [-0.25, -0.2) is 9.97 Å². The number of amides is 2. The predicted octanol–water partition coefficient (Wildman–Crippen LogP) is 0.804. The fraction of sp³-hybridized carbons (Fsp3) is 0.368. The van der Waals surface area contributed by atoms with Gasteiger partial charge in [0.25, 0.3) is 5.91 Å². The second kappa shape index (κ2) is 7.71. The number of piperazine rings is 1. The number of aromatic nitrogens is 2. The van der Waals surface area contributed by atoms with Crippen molar-refractivity contribution < 1.29 is 19.1 Å². The summed E-state index contributed by atoms with van der Waals surface area (Å²) in [7, 11) is 0. The van der Waals surface area contributed by atoms with Crippen LogP contribution in [0.15, 0.2) is 30.6 Å². The summed E-state index contributed by atoms with van der Waals surface area (Å²) in [5.41, 5.74) is 1.31. The van der Waals surface area contributed by atoms with Crippen LogP contribution in [0.5, 0.6) is 11.5 Å². The van der Waals surface area contributed by atoms with E-state index in [0.29, 0.717) is 55.7 Å². The molecule has 2 amide bonds. The van der Waals surface area contributed by atoms with Crippen molar-refractivity contribution >= 4 is 17.8 Å². The molecular weight excluding hydrogens is 362 g/mol. The van der Waals surface area contributed by atoms with Gasteiger partial charge in [0.05, 0.1) is 5.56 Å². The molecule has 0 unspecified atom stereocenters. The van der Waals surface area contributed by atoms with Crippen molar-refractivity contribution in [1.29, 1.82) is 0 Å². The number of benzene rings is 1. The van der Waals surface area contributed by atoms with Crippen LogP contribution >= 0.6 is 0 Å². The predicted molar refractivity (Wildman–Crippen MR) is 100 cm³/mol. The Morgan fingerprint density at radius 3 is 2.50 bits per heavy atom. The first-order valence-corrected chi connectivity index (χ1v) is 9.09. The topological polar surface area (TPSA) is 96.9 Å². The second-order valence-corrected chi connectivity index (χ2v) is 6.64. The van der Waals surface area contributed by atoms with Gasteiger partial charge in [-0.2, -0.15) is 0 Å². The minimum absolute atomic E-state index is 0.0787. The Labute approximate surface area is 162 Å². The molecule has 0 spiro atoms. The molecule has 2 aliphatic heterocycles. The van der Waals surface area contributed by atoms with Gasteiger partial charge in [-0.15, -0.1) is 0 Å².